The molecule has 0 heterocycles. The van der Waals surface area contributed by atoms with Crippen LogP contribution in [0, 0.1) is 11.8 Å². The maximum Gasteiger partial charge on any atom is 0.203 e. The molecule has 4 nitrogen and oxygen atoms in total. The molecular weight excluding hydrogens is 408 g/mol. The van der Waals surface area contributed by atoms with Gasteiger partial charge in [-0.2, -0.15) is 0 Å². The number of allylic oxidation sites excluding steroid dienone is 1. The Morgan fingerprint density at radius 1 is 1.03 bits per heavy atom. The molecule has 0 spiro atoms. The lowest BCUT2D eigenvalue weighted by atomic mass is 9.90. The Balaban J connectivity index is 1.62. The second-order valence-electron chi connectivity index (χ2n) is 7.97. The quantitative estimate of drug-likeness (QED) is 0.314. The SMILES string of the molecule is COc1cc(/C=C/C(=O)CC(CC(=S)Cc2ccccc2)C2CC2)cc(OC)c1OC. The molecule has 0 radical (unpaired) electrons. The zero-order valence-electron chi connectivity index (χ0n) is 18.4. The van der Waals surface area contributed by atoms with E-state index < -0.39 is 0 Å². The minimum atomic E-state index is 0.119. The molecule has 164 valence electrons. The summed E-state index contributed by atoms with van der Waals surface area (Å²) in [5.74, 6) is 2.73. The van der Waals surface area contributed by atoms with E-state index in [1.54, 1.807) is 33.5 Å². The topological polar surface area (TPSA) is 44.8 Å². The Hall–Kier alpha value is -2.66. The first-order chi connectivity index (χ1) is 15.0. The molecule has 1 fully saturated rings. The van der Waals surface area contributed by atoms with Gasteiger partial charge in [0, 0.05) is 12.8 Å². The highest BCUT2D eigenvalue weighted by Gasteiger charge is 2.32. The standard InChI is InChI=1S/C26H30O4S/c1-28-24-14-19(15-25(29-2)26(24)30-3)9-12-22(27)16-21(20-10-11-20)17-23(31)13-18-7-5-4-6-8-18/h4-9,12,14-15,20-21H,10-11,13,16-17H2,1-3H3/b12-9+. The van der Waals surface area contributed by atoms with Crippen LogP contribution >= 0.6 is 12.2 Å². The summed E-state index contributed by atoms with van der Waals surface area (Å²) < 4.78 is 16.1. The van der Waals surface area contributed by atoms with Gasteiger partial charge in [-0.25, -0.2) is 0 Å². The van der Waals surface area contributed by atoms with E-state index in [2.05, 4.69) is 12.1 Å². The average Bonchev–Trinajstić information content (AvgIpc) is 3.62. The zero-order chi connectivity index (χ0) is 22.2. The van der Waals surface area contributed by atoms with Crippen molar-refractivity contribution in [1.29, 1.82) is 0 Å². The summed E-state index contributed by atoms with van der Waals surface area (Å²) in [4.78, 5) is 13.7. The lowest BCUT2D eigenvalue weighted by Gasteiger charge is -2.15. The number of hydrogen-bond donors (Lipinski definition) is 0. The number of carbonyl (C=O) groups is 1. The van der Waals surface area contributed by atoms with Crippen molar-refractivity contribution in [3.63, 3.8) is 0 Å². The van der Waals surface area contributed by atoms with Crippen LogP contribution in [0.2, 0.25) is 0 Å². The molecule has 1 atom stereocenters. The number of benzene rings is 2. The van der Waals surface area contributed by atoms with Crippen molar-refractivity contribution in [2.45, 2.75) is 32.1 Å². The number of thiocarbonyl (C=S) groups is 1. The molecule has 0 N–H and O–H groups in total. The fraction of sp³-hybridized carbons (Fsp3) is 0.385. The molecule has 5 heteroatoms. The van der Waals surface area contributed by atoms with Crippen LogP contribution in [0.15, 0.2) is 48.5 Å². The molecule has 3 rings (SSSR count). The van der Waals surface area contributed by atoms with Gasteiger partial charge in [-0.15, -0.1) is 0 Å². The van der Waals surface area contributed by atoms with E-state index in [0.29, 0.717) is 35.5 Å². The first-order valence-electron chi connectivity index (χ1n) is 10.6. The van der Waals surface area contributed by atoms with Gasteiger partial charge in [0.25, 0.3) is 0 Å². The van der Waals surface area contributed by atoms with Crippen molar-refractivity contribution in [2.24, 2.45) is 11.8 Å². The van der Waals surface area contributed by atoms with E-state index in [9.17, 15) is 4.79 Å². The Morgan fingerprint density at radius 2 is 1.68 bits per heavy atom. The summed E-state index contributed by atoms with van der Waals surface area (Å²) in [6, 6.07) is 13.9. The van der Waals surface area contributed by atoms with Crippen LogP contribution in [-0.2, 0) is 11.2 Å². The summed E-state index contributed by atoms with van der Waals surface area (Å²) in [6.07, 6.45) is 8.01. The Bertz CT molecular complexity index is 907. The number of ether oxygens (including phenoxy) is 3. The van der Waals surface area contributed by atoms with Crippen LogP contribution < -0.4 is 14.2 Å². The largest absolute Gasteiger partial charge is 0.493 e. The minimum absolute atomic E-state index is 0.119. The number of rotatable bonds is 12. The molecular formula is C26H30O4S. The van der Waals surface area contributed by atoms with Gasteiger partial charge >= 0.3 is 0 Å². The highest BCUT2D eigenvalue weighted by Crippen LogP contribution is 2.41. The summed E-state index contributed by atoms with van der Waals surface area (Å²) in [7, 11) is 4.72. The first-order valence-corrected chi connectivity index (χ1v) is 11.0. The maximum atomic E-state index is 12.7. The Kier molecular flexibility index (Phi) is 8.24. The van der Waals surface area contributed by atoms with Gasteiger partial charge in [-0.1, -0.05) is 48.6 Å². The smallest absolute Gasteiger partial charge is 0.203 e. The van der Waals surface area contributed by atoms with Crippen LogP contribution in [0.25, 0.3) is 6.08 Å². The van der Waals surface area contributed by atoms with Crippen molar-refractivity contribution < 1.29 is 19.0 Å². The van der Waals surface area contributed by atoms with E-state index in [-0.39, 0.29) is 5.78 Å². The highest BCUT2D eigenvalue weighted by molar-refractivity contribution is 7.80. The van der Waals surface area contributed by atoms with Crippen LogP contribution in [0.3, 0.4) is 0 Å². The third-order valence-electron chi connectivity index (χ3n) is 5.63. The van der Waals surface area contributed by atoms with Crippen molar-refractivity contribution in [3.8, 4) is 17.2 Å². The Labute approximate surface area is 190 Å². The molecule has 1 saturated carbocycles. The van der Waals surface area contributed by atoms with E-state index in [1.165, 1.54) is 18.4 Å². The predicted molar refractivity (Wildman–Crippen MR) is 128 cm³/mol. The van der Waals surface area contributed by atoms with Gasteiger partial charge < -0.3 is 14.2 Å². The molecule has 1 aliphatic rings. The Morgan fingerprint density at radius 3 is 2.23 bits per heavy atom. The van der Waals surface area contributed by atoms with Gasteiger partial charge in [-0.3, -0.25) is 4.79 Å². The maximum absolute atomic E-state index is 12.7. The number of carbonyl (C=O) groups excluding carboxylic acids is 1. The van der Waals surface area contributed by atoms with Crippen molar-refractivity contribution in [2.75, 3.05) is 21.3 Å². The van der Waals surface area contributed by atoms with E-state index in [0.717, 1.165) is 23.3 Å². The molecule has 0 aromatic heterocycles. The number of hydrogen-bond acceptors (Lipinski definition) is 5. The van der Waals surface area contributed by atoms with Crippen LogP contribution in [0.1, 0.15) is 36.8 Å². The van der Waals surface area contributed by atoms with E-state index in [1.807, 2.05) is 30.3 Å². The van der Waals surface area contributed by atoms with E-state index in [4.69, 9.17) is 26.4 Å². The van der Waals surface area contributed by atoms with Gasteiger partial charge in [-0.05, 0) is 65.3 Å². The third kappa shape index (κ3) is 6.66. The summed E-state index contributed by atoms with van der Waals surface area (Å²) >= 11 is 5.66. The van der Waals surface area contributed by atoms with Gasteiger partial charge in [0.2, 0.25) is 5.75 Å². The fourth-order valence-corrected chi connectivity index (χ4v) is 4.26. The summed E-state index contributed by atoms with van der Waals surface area (Å²) in [6.45, 7) is 0. The monoisotopic (exact) mass is 438 g/mol. The summed E-state index contributed by atoms with van der Waals surface area (Å²) in [5.41, 5.74) is 2.06. The van der Waals surface area contributed by atoms with Gasteiger partial charge in [0.05, 0.1) is 21.3 Å². The average molecular weight is 439 g/mol. The van der Waals surface area contributed by atoms with Crippen molar-refractivity contribution >= 4 is 28.9 Å². The molecule has 1 aliphatic carbocycles. The van der Waals surface area contributed by atoms with Crippen molar-refractivity contribution in [3.05, 3.63) is 59.7 Å². The zero-order valence-corrected chi connectivity index (χ0v) is 19.2. The molecule has 2 aromatic rings. The van der Waals surface area contributed by atoms with Gasteiger partial charge in [0.1, 0.15) is 0 Å². The molecule has 0 aliphatic heterocycles. The number of methoxy groups -OCH3 is 3. The normalized spacial score (nSPS) is 14.3. The molecule has 2 aromatic carbocycles. The third-order valence-corrected chi connectivity index (χ3v) is 5.95. The molecule has 0 bridgehead atoms. The molecule has 1 unspecified atom stereocenters. The predicted octanol–water partition coefficient (Wildman–Crippen LogP) is 5.71. The van der Waals surface area contributed by atoms with Crippen LogP contribution in [0.4, 0.5) is 0 Å². The van der Waals surface area contributed by atoms with Crippen molar-refractivity contribution in [1.82, 2.24) is 0 Å². The summed E-state index contributed by atoms with van der Waals surface area (Å²) in [5, 5.41) is 0. The highest BCUT2D eigenvalue weighted by atomic mass is 32.1. The lowest BCUT2D eigenvalue weighted by Crippen LogP contribution is -2.14. The first kappa shape index (κ1) is 23.0. The lowest BCUT2D eigenvalue weighted by molar-refractivity contribution is -0.115. The number of ketones is 1. The van der Waals surface area contributed by atoms with Crippen LogP contribution in [-0.4, -0.2) is 32.0 Å². The van der Waals surface area contributed by atoms with E-state index >= 15 is 0 Å². The fourth-order valence-electron chi connectivity index (χ4n) is 3.87. The molecule has 31 heavy (non-hydrogen) atoms. The molecule has 0 saturated heterocycles. The molecule has 0 amide bonds. The second kappa shape index (κ2) is 11.1. The van der Waals surface area contributed by atoms with Crippen LogP contribution in [0.5, 0.6) is 17.2 Å². The van der Waals surface area contributed by atoms with Gasteiger partial charge in [0.15, 0.2) is 17.3 Å². The second-order valence-corrected chi connectivity index (χ2v) is 8.54. The minimum Gasteiger partial charge on any atom is -0.493 e.